The van der Waals surface area contributed by atoms with Crippen molar-refractivity contribution in [3.05, 3.63) is 53.1 Å². The number of nitrogens with one attached hydrogen (secondary N) is 2. The summed E-state index contributed by atoms with van der Waals surface area (Å²) in [7, 11) is 0. The number of nitrogens with zero attached hydrogens (tertiary/aromatic N) is 3. The molecule has 0 unspecified atom stereocenters. The highest BCUT2D eigenvalue weighted by molar-refractivity contribution is 14.0. The summed E-state index contributed by atoms with van der Waals surface area (Å²) in [5, 5.41) is 7.48. The number of hydrogen-bond donors (Lipinski definition) is 2. The Balaban J connectivity index is 0.00000338. The lowest BCUT2D eigenvalue weighted by molar-refractivity contribution is 0.600. The number of rotatable bonds is 9. The van der Waals surface area contributed by atoms with E-state index < -0.39 is 0 Å². The topological polar surface area (TPSA) is 54.2 Å². The standard InChI is InChI=1S/C19H28ClN5.HI/c1-3-21-19(24-12-10-17-8-4-5-9-18(17)20)23-11-6-7-14-25-15-13-22-16(25)2;/h4-5,8-9,13,15H,3,6-7,10-12,14H2,1-2H3,(H2,21,23,24);1H. The summed E-state index contributed by atoms with van der Waals surface area (Å²) in [6.45, 7) is 7.58. The summed E-state index contributed by atoms with van der Waals surface area (Å²) in [6, 6.07) is 7.96. The van der Waals surface area contributed by atoms with E-state index in [4.69, 9.17) is 11.6 Å². The van der Waals surface area contributed by atoms with E-state index in [-0.39, 0.29) is 24.0 Å². The number of aromatic nitrogens is 2. The van der Waals surface area contributed by atoms with Crippen LogP contribution >= 0.6 is 35.6 Å². The third kappa shape index (κ3) is 7.95. The first-order valence-corrected chi connectivity index (χ1v) is 9.32. The average molecular weight is 490 g/mol. The number of aliphatic imine (C=N–C) groups is 1. The lowest BCUT2D eigenvalue weighted by Gasteiger charge is -2.12. The fourth-order valence-corrected chi connectivity index (χ4v) is 2.81. The van der Waals surface area contributed by atoms with Crippen LogP contribution < -0.4 is 10.6 Å². The molecule has 2 rings (SSSR count). The van der Waals surface area contributed by atoms with Crippen LogP contribution in [0.25, 0.3) is 0 Å². The van der Waals surface area contributed by atoms with Gasteiger partial charge in [-0.2, -0.15) is 0 Å². The number of hydrogen-bond acceptors (Lipinski definition) is 2. The Morgan fingerprint density at radius 3 is 2.73 bits per heavy atom. The quantitative estimate of drug-likeness (QED) is 0.242. The highest BCUT2D eigenvalue weighted by Crippen LogP contribution is 2.14. The van der Waals surface area contributed by atoms with Crippen molar-refractivity contribution in [3.8, 4) is 0 Å². The van der Waals surface area contributed by atoms with Gasteiger partial charge in [-0.15, -0.1) is 24.0 Å². The lowest BCUT2D eigenvalue weighted by atomic mass is 10.1. The van der Waals surface area contributed by atoms with E-state index in [9.17, 15) is 0 Å². The molecule has 1 heterocycles. The van der Waals surface area contributed by atoms with Crippen molar-refractivity contribution in [3.63, 3.8) is 0 Å². The summed E-state index contributed by atoms with van der Waals surface area (Å²) in [5.41, 5.74) is 1.16. The molecule has 0 atom stereocenters. The first-order valence-electron chi connectivity index (χ1n) is 8.94. The smallest absolute Gasteiger partial charge is 0.191 e. The zero-order valence-electron chi connectivity index (χ0n) is 15.5. The second-order valence-corrected chi connectivity index (χ2v) is 6.31. The maximum absolute atomic E-state index is 6.19. The minimum atomic E-state index is 0. The lowest BCUT2D eigenvalue weighted by Crippen LogP contribution is -2.38. The molecular formula is C19H29ClIN5. The Bertz CT molecular complexity index is 671. The van der Waals surface area contributed by atoms with Crippen molar-refractivity contribution < 1.29 is 0 Å². The van der Waals surface area contributed by atoms with Crippen molar-refractivity contribution in [2.24, 2.45) is 4.99 Å². The highest BCUT2D eigenvalue weighted by Gasteiger charge is 2.01. The normalized spacial score (nSPS) is 11.1. The zero-order chi connectivity index (χ0) is 17.9. The molecule has 0 radical (unpaired) electrons. The molecule has 7 heteroatoms. The van der Waals surface area contributed by atoms with Crippen LogP contribution in [-0.2, 0) is 13.0 Å². The third-order valence-electron chi connectivity index (χ3n) is 3.99. The highest BCUT2D eigenvalue weighted by atomic mass is 127. The SMILES string of the molecule is CCNC(=NCCCCn1ccnc1C)NCCc1ccccc1Cl.I. The van der Waals surface area contributed by atoms with Gasteiger partial charge in [0.1, 0.15) is 5.82 Å². The molecule has 0 aliphatic carbocycles. The van der Waals surface area contributed by atoms with E-state index in [2.05, 4.69) is 38.2 Å². The van der Waals surface area contributed by atoms with Gasteiger partial charge >= 0.3 is 0 Å². The average Bonchev–Trinajstić information content (AvgIpc) is 3.01. The van der Waals surface area contributed by atoms with E-state index in [1.165, 1.54) is 0 Å². The summed E-state index contributed by atoms with van der Waals surface area (Å²) in [4.78, 5) is 8.88. The van der Waals surface area contributed by atoms with E-state index >= 15 is 0 Å². The Morgan fingerprint density at radius 1 is 1.23 bits per heavy atom. The molecule has 0 aliphatic heterocycles. The van der Waals surface area contributed by atoms with Gasteiger partial charge in [-0.3, -0.25) is 4.99 Å². The summed E-state index contributed by atoms with van der Waals surface area (Å²) >= 11 is 6.19. The largest absolute Gasteiger partial charge is 0.357 e. The Hall–Kier alpha value is -1.28. The first kappa shape index (κ1) is 22.8. The van der Waals surface area contributed by atoms with E-state index in [0.717, 1.165) is 67.8 Å². The molecule has 5 nitrogen and oxygen atoms in total. The molecule has 2 aromatic rings. The molecule has 0 amide bonds. The summed E-state index contributed by atoms with van der Waals surface area (Å²) < 4.78 is 2.18. The second-order valence-electron chi connectivity index (χ2n) is 5.90. The molecule has 1 aromatic carbocycles. The Morgan fingerprint density at radius 2 is 2.04 bits per heavy atom. The maximum Gasteiger partial charge on any atom is 0.191 e. The van der Waals surface area contributed by atoms with Gasteiger partial charge in [0, 0.05) is 43.6 Å². The molecule has 144 valence electrons. The maximum atomic E-state index is 6.19. The van der Waals surface area contributed by atoms with Gasteiger partial charge in [0.15, 0.2) is 5.96 Å². The minimum Gasteiger partial charge on any atom is -0.357 e. The van der Waals surface area contributed by atoms with Gasteiger partial charge in [0.05, 0.1) is 0 Å². The molecule has 0 fully saturated rings. The molecule has 0 spiro atoms. The van der Waals surface area contributed by atoms with Crippen LogP contribution in [0.4, 0.5) is 0 Å². The molecule has 1 aromatic heterocycles. The van der Waals surface area contributed by atoms with Crippen LogP contribution in [0.2, 0.25) is 5.02 Å². The van der Waals surface area contributed by atoms with Gasteiger partial charge in [-0.1, -0.05) is 29.8 Å². The van der Waals surface area contributed by atoms with Gasteiger partial charge < -0.3 is 15.2 Å². The van der Waals surface area contributed by atoms with Crippen LogP contribution in [0.3, 0.4) is 0 Å². The predicted octanol–water partition coefficient (Wildman–Crippen LogP) is 4.04. The molecule has 0 aliphatic rings. The molecule has 0 saturated heterocycles. The van der Waals surface area contributed by atoms with Crippen molar-refractivity contribution in [2.75, 3.05) is 19.6 Å². The van der Waals surface area contributed by atoms with Gasteiger partial charge in [0.2, 0.25) is 0 Å². The van der Waals surface area contributed by atoms with Crippen molar-refractivity contribution in [1.29, 1.82) is 0 Å². The number of imidazole rings is 1. The number of benzene rings is 1. The van der Waals surface area contributed by atoms with Crippen molar-refractivity contribution in [1.82, 2.24) is 20.2 Å². The van der Waals surface area contributed by atoms with Crippen molar-refractivity contribution >= 4 is 41.5 Å². The number of aryl methyl sites for hydroxylation is 2. The van der Waals surface area contributed by atoms with Gasteiger partial charge in [-0.25, -0.2) is 4.98 Å². The van der Waals surface area contributed by atoms with E-state index in [0.29, 0.717) is 0 Å². The molecular weight excluding hydrogens is 461 g/mol. The van der Waals surface area contributed by atoms with Crippen LogP contribution in [0.5, 0.6) is 0 Å². The number of unbranched alkanes of at least 4 members (excludes halogenated alkanes) is 1. The predicted molar refractivity (Wildman–Crippen MR) is 121 cm³/mol. The van der Waals surface area contributed by atoms with Crippen LogP contribution in [0.1, 0.15) is 31.2 Å². The molecule has 0 saturated carbocycles. The zero-order valence-corrected chi connectivity index (χ0v) is 18.6. The number of halogens is 2. The van der Waals surface area contributed by atoms with Crippen molar-refractivity contribution in [2.45, 2.75) is 39.7 Å². The van der Waals surface area contributed by atoms with Crippen LogP contribution in [-0.4, -0.2) is 35.1 Å². The van der Waals surface area contributed by atoms with Gasteiger partial charge in [-0.05, 0) is 44.7 Å². The summed E-state index contributed by atoms with van der Waals surface area (Å²) in [5.74, 6) is 1.94. The second kappa shape index (κ2) is 13.0. The van der Waals surface area contributed by atoms with Crippen LogP contribution in [0.15, 0.2) is 41.7 Å². The Kier molecular flexibility index (Phi) is 11.4. The number of guanidine groups is 1. The Labute approximate surface area is 178 Å². The molecule has 2 N–H and O–H groups in total. The summed E-state index contributed by atoms with van der Waals surface area (Å²) in [6.07, 6.45) is 6.90. The molecule has 26 heavy (non-hydrogen) atoms. The monoisotopic (exact) mass is 489 g/mol. The van der Waals surface area contributed by atoms with E-state index in [1.807, 2.05) is 37.5 Å². The van der Waals surface area contributed by atoms with Crippen LogP contribution in [0, 0.1) is 6.92 Å². The third-order valence-corrected chi connectivity index (χ3v) is 4.36. The minimum absolute atomic E-state index is 0. The fraction of sp³-hybridized carbons (Fsp3) is 0.474. The van der Waals surface area contributed by atoms with Gasteiger partial charge in [0.25, 0.3) is 0 Å². The van der Waals surface area contributed by atoms with E-state index in [1.54, 1.807) is 0 Å². The molecule has 0 bridgehead atoms. The fourth-order valence-electron chi connectivity index (χ4n) is 2.58. The first-order chi connectivity index (χ1) is 12.2.